The maximum absolute atomic E-state index is 11.3. The van der Waals surface area contributed by atoms with Gasteiger partial charge in [-0.1, -0.05) is 43.3 Å². The van der Waals surface area contributed by atoms with Crippen LogP contribution in [0, 0.1) is 13.8 Å². The molecular weight excluding hydrogens is 824 g/mol. The highest BCUT2D eigenvalue weighted by Gasteiger charge is 2.47. The lowest BCUT2D eigenvalue weighted by Crippen LogP contribution is -2.60. The number of carbonyl (C=O) groups excluding carboxylic acids is 1. The van der Waals surface area contributed by atoms with Gasteiger partial charge in [-0.2, -0.15) is 0 Å². The summed E-state index contributed by atoms with van der Waals surface area (Å²) in [5.74, 6) is 1.26. The zero-order valence-corrected chi connectivity index (χ0v) is 36.8. The summed E-state index contributed by atoms with van der Waals surface area (Å²) in [4.78, 5) is 11.3. The number of aromatic amines is 1. The molecule has 0 aliphatic carbocycles. The van der Waals surface area contributed by atoms with Crippen LogP contribution in [0.5, 0.6) is 17.5 Å². The van der Waals surface area contributed by atoms with E-state index < -0.39 is 80.8 Å². The molecule has 63 heavy (non-hydrogen) atoms. The van der Waals surface area contributed by atoms with Crippen LogP contribution in [0.1, 0.15) is 79.9 Å². The molecule has 0 unspecified atom stereocenters. The van der Waals surface area contributed by atoms with Gasteiger partial charge in [-0.3, -0.25) is 9.78 Å². The van der Waals surface area contributed by atoms with Crippen molar-refractivity contribution in [2.75, 3.05) is 20.3 Å². The molecule has 8 N–H and O–H groups in total. The van der Waals surface area contributed by atoms with Gasteiger partial charge in [0.2, 0.25) is 24.3 Å². The fourth-order valence-electron chi connectivity index (χ4n) is 7.07. The van der Waals surface area contributed by atoms with Crippen molar-refractivity contribution in [3.63, 3.8) is 0 Å². The van der Waals surface area contributed by atoms with Crippen molar-refractivity contribution in [2.45, 2.75) is 141 Å². The Bertz CT molecular complexity index is 2040. The maximum Gasteiger partial charge on any atom is 0.508 e. The highest BCUT2D eigenvalue weighted by atomic mass is 16.7. The monoisotopic (exact) mass is 886 g/mol. The lowest BCUT2D eigenvalue weighted by Gasteiger charge is -2.39. The van der Waals surface area contributed by atoms with Crippen LogP contribution in [0.3, 0.4) is 0 Å². The van der Waals surface area contributed by atoms with E-state index in [0.717, 1.165) is 52.9 Å². The largest absolute Gasteiger partial charge is 0.508 e. The quantitative estimate of drug-likeness (QED) is 0.0795. The van der Waals surface area contributed by atoms with Gasteiger partial charge >= 0.3 is 6.16 Å². The summed E-state index contributed by atoms with van der Waals surface area (Å²) < 4.78 is 39.5. The number of methoxy groups -OCH3 is 1. The van der Waals surface area contributed by atoms with Gasteiger partial charge in [-0.05, 0) is 76.8 Å². The molecule has 2 fully saturated rings. The van der Waals surface area contributed by atoms with Crippen LogP contribution in [-0.4, -0.2) is 150 Å². The summed E-state index contributed by atoms with van der Waals surface area (Å²) in [5.41, 5.74) is 6.58. The van der Waals surface area contributed by atoms with E-state index in [2.05, 4.69) is 51.2 Å². The number of nitrogens with one attached hydrogen (secondary N) is 1. The first-order chi connectivity index (χ1) is 29.9. The Morgan fingerprint density at radius 2 is 1.27 bits per heavy atom. The number of aryl methyl sites for hydroxylation is 2. The number of carbonyl (C=O) groups is 1. The highest BCUT2D eigenvalue weighted by Crippen LogP contribution is 2.32. The van der Waals surface area contributed by atoms with Gasteiger partial charge < -0.3 is 68.9 Å². The number of hydrogen-bond donors (Lipinski definition) is 8. The molecule has 2 aromatic heterocycles. The fraction of sp³-hybridized carbons (Fsp3) is 0.568. The second-order valence-corrected chi connectivity index (χ2v) is 16.1. The third-order valence-electron chi connectivity index (χ3n) is 10.8. The van der Waals surface area contributed by atoms with Crippen molar-refractivity contribution in [1.29, 1.82) is 0 Å². The van der Waals surface area contributed by atoms with Crippen molar-refractivity contribution in [3.05, 3.63) is 87.7 Å². The SMILES string of the molecule is CCc1ccc(Cc2c(O[C@@H]3O[C@H](COC(=O)OC)[C@@H](O)[C@H](O)[C@H]3O)nn(C(C)C)c2C)cc1.Cc1[nH]nc(O[C@@H]2O[C@H](CO)[C@@H](O)[C@H](O)[C@H]2O)c1Cc1ccc(OC(C)C)cc1. The molecule has 4 aromatic rings. The van der Waals surface area contributed by atoms with Gasteiger partial charge in [0.25, 0.3) is 0 Å². The minimum Gasteiger partial charge on any atom is -0.491 e. The van der Waals surface area contributed by atoms with Crippen LogP contribution in [0.2, 0.25) is 0 Å². The second-order valence-electron chi connectivity index (χ2n) is 16.1. The minimum absolute atomic E-state index is 0.0596. The molecule has 0 amide bonds. The smallest absolute Gasteiger partial charge is 0.491 e. The van der Waals surface area contributed by atoms with E-state index in [1.54, 1.807) is 0 Å². The number of hydrogen-bond acceptors (Lipinski definition) is 17. The normalized spacial score (nSPS) is 25.9. The summed E-state index contributed by atoms with van der Waals surface area (Å²) in [6, 6.07) is 16.0. The van der Waals surface area contributed by atoms with E-state index >= 15 is 0 Å². The highest BCUT2D eigenvalue weighted by molar-refractivity contribution is 5.59. The molecule has 0 spiro atoms. The molecule has 6 rings (SSSR count). The molecule has 10 atom stereocenters. The number of aliphatic hydroxyl groups excluding tert-OH is 7. The third kappa shape index (κ3) is 12.3. The summed E-state index contributed by atoms with van der Waals surface area (Å²) in [6.07, 6.45) is -12.8. The van der Waals surface area contributed by atoms with Gasteiger partial charge in [0, 0.05) is 41.4 Å². The Kier molecular flexibility index (Phi) is 17.3. The number of aromatic nitrogens is 4. The van der Waals surface area contributed by atoms with Gasteiger partial charge in [0.1, 0.15) is 61.2 Å². The molecule has 0 radical (unpaired) electrons. The minimum atomic E-state index is -1.58. The molecule has 2 aliphatic heterocycles. The molecule has 19 heteroatoms. The van der Waals surface area contributed by atoms with Crippen LogP contribution in [0.25, 0.3) is 0 Å². The van der Waals surface area contributed by atoms with Gasteiger partial charge in [0.05, 0.1) is 19.8 Å². The average molecular weight is 887 g/mol. The van der Waals surface area contributed by atoms with Gasteiger partial charge in [-0.15, -0.1) is 10.2 Å². The molecule has 2 aliphatic rings. The fourth-order valence-corrected chi connectivity index (χ4v) is 7.07. The first kappa shape index (κ1) is 49.2. The molecule has 4 heterocycles. The van der Waals surface area contributed by atoms with E-state index in [4.69, 9.17) is 28.4 Å². The number of aliphatic hydroxyl groups is 7. The second kappa shape index (κ2) is 22.2. The molecule has 2 saturated heterocycles. The van der Waals surface area contributed by atoms with E-state index in [9.17, 15) is 40.5 Å². The van der Waals surface area contributed by atoms with Crippen LogP contribution in [0.4, 0.5) is 4.79 Å². The Labute approximate surface area is 366 Å². The standard InChI is InChI=1S/C24H34N2O8.C20H28N2O7/c1-6-15-7-9-16(10-8-15)11-17-14(4)26(13(2)3)25-22(17)34-23-21(29)20(28)19(27)18(33-23)12-32-24(30)31-5;1-10(2)27-13-6-4-12(5-7-13)8-14-11(3)21-22-19(14)29-20-18(26)17(25)16(24)15(9-23)28-20/h7-10,13,18-21,23,27-29H,6,11-12H2,1-5H3;4-7,10,15-18,20,23-26H,8-9H2,1-3H3,(H,21,22)/t18-,19-,20+,21-,23+;15-,16-,17+,18-,20+/m11/s1. The lowest BCUT2D eigenvalue weighted by atomic mass is 9.99. The van der Waals surface area contributed by atoms with Crippen molar-refractivity contribution in [1.82, 2.24) is 20.0 Å². The van der Waals surface area contributed by atoms with Crippen LogP contribution >= 0.6 is 0 Å². The lowest BCUT2D eigenvalue weighted by molar-refractivity contribution is -0.278. The van der Waals surface area contributed by atoms with Gasteiger partial charge in [0.15, 0.2) is 0 Å². The number of nitrogens with zero attached hydrogens (tertiary/aromatic N) is 3. The first-order valence-electron chi connectivity index (χ1n) is 20.9. The predicted molar refractivity (Wildman–Crippen MR) is 224 cm³/mol. The van der Waals surface area contributed by atoms with E-state index in [-0.39, 0.29) is 23.9 Å². The van der Waals surface area contributed by atoms with Crippen LogP contribution in [0.15, 0.2) is 48.5 Å². The number of ether oxygens (including phenoxy) is 7. The Balaban J connectivity index is 0.000000240. The summed E-state index contributed by atoms with van der Waals surface area (Å²) in [5, 5.41) is 82.0. The number of benzene rings is 2. The van der Waals surface area contributed by atoms with Crippen molar-refractivity contribution in [3.8, 4) is 17.5 Å². The number of rotatable bonds is 15. The summed E-state index contributed by atoms with van der Waals surface area (Å²) in [6.45, 7) is 12.9. The number of H-pyrrole nitrogens is 1. The molecule has 2 aromatic carbocycles. The van der Waals surface area contributed by atoms with E-state index in [1.807, 2.05) is 70.5 Å². The topological polar surface area (TPSA) is 270 Å². The van der Waals surface area contributed by atoms with Crippen molar-refractivity contribution < 1.29 is 73.7 Å². The first-order valence-corrected chi connectivity index (χ1v) is 20.9. The van der Waals surface area contributed by atoms with Crippen molar-refractivity contribution in [2.24, 2.45) is 0 Å². The van der Waals surface area contributed by atoms with Crippen molar-refractivity contribution >= 4 is 6.16 Å². The Morgan fingerprint density at radius 1 is 0.746 bits per heavy atom. The Morgan fingerprint density at radius 3 is 1.81 bits per heavy atom. The Hall–Kier alpha value is -4.83. The third-order valence-corrected chi connectivity index (χ3v) is 10.8. The molecule has 348 valence electrons. The summed E-state index contributed by atoms with van der Waals surface area (Å²) in [7, 11) is 1.15. The predicted octanol–water partition coefficient (Wildman–Crippen LogP) is 2.17. The molecule has 19 nitrogen and oxygen atoms in total. The molecule has 0 bridgehead atoms. The average Bonchev–Trinajstić information content (AvgIpc) is 3.77. The molecular formula is C44H62N4O15. The van der Waals surface area contributed by atoms with Gasteiger partial charge in [-0.25, -0.2) is 4.79 Å². The van der Waals surface area contributed by atoms with E-state index in [0.29, 0.717) is 12.8 Å². The van der Waals surface area contributed by atoms with Crippen LogP contribution < -0.4 is 14.2 Å². The summed E-state index contributed by atoms with van der Waals surface area (Å²) >= 11 is 0. The zero-order chi connectivity index (χ0) is 46.1. The van der Waals surface area contributed by atoms with E-state index in [1.165, 1.54) is 5.56 Å². The van der Waals surface area contributed by atoms with Crippen LogP contribution in [-0.2, 0) is 38.2 Å². The molecule has 0 saturated carbocycles. The zero-order valence-electron chi connectivity index (χ0n) is 36.8. The maximum atomic E-state index is 11.3.